The highest BCUT2D eigenvalue weighted by Crippen LogP contribution is 2.63. The Morgan fingerprint density at radius 3 is 1.94 bits per heavy atom. The van der Waals surface area contributed by atoms with E-state index in [1.807, 2.05) is 6.07 Å². The van der Waals surface area contributed by atoms with Crippen molar-refractivity contribution in [3.8, 4) is 44.8 Å². The minimum atomic E-state index is -0.339. The molecule has 2 aliphatic rings. The maximum atomic E-state index is 6.70. The molecule has 0 saturated heterocycles. The fraction of sp³-hybridized carbons (Fsp3) is 0.0408. The Morgan fingerprint density at radius 2 is 1.15 bits per heavy atom. The number of pyridine rings is 1. The molecule has 3 heteroatoms. The standard InChI is InChI=1S/C49H32N2O/c1-49-39-22-12-11-20-36(39)37-21-13-23-43(47(37)49)51(35-18-9-4-10-19-35)48-40(49)25-27-45-46(48)38-28-33(24-26-44(38)52-45)42-30-34(31-14-5-2-6-15-31)29-41(50-42)32-16-7-3-8-17-32/h2-30H,1H3. The number of fused-ring (bicyclic) bond motifs is 9. The van der Waals surface area contributed by atoms with E-state index in [4.69, 9.17) is 9.40 Å². The zero-order valence-electron chi connectivity index (χ0n) is 28.5. The first kappa shape index (κ1) is 29.1. The van der Waals surface area contributed by atoms with Crippen LogP contribution < -0.4 is 4.90 Å². The second kappa shape index (κ2) is 10.9. The maximum Gasteiger partial charge on any atom is 0.137 e. The fourth-order valence-corrected chi connectivity index (χ4v) is 8.89. The summed E-state index contributed by atoms with van der Waals surface area (Å²) >= 11 is 0. The van der Waals surface area contributed by atoms with Gasteiger partial charge in [0.25, 0.3) is 0 Å². The van der Waals surface area contributed by atoms with Crippen LogP contribution in [0.5, 0.6) is 0 Å². The lowest BCUT2D eigenvalue weighted by Crippen LogP contribution is -2.32. The SMILES string of the molecule is CC12c3ccccc3-c3cccc(c31)N(c1ccccc1)c1c2ccc2oc3ccc(-c4cc(-c5ccccc5)cc(-c5ccccc5)n4)cc3c12. The van der Waals surface area contributed by atoms with E-state index < -0.39 is 0 Å². The quantitative estimate of drug-likeness (QED) is 0.187. The van der Waals surface area contributed by atoms with Crippen molar-refractivity contribution >= 4 is 39.0 Å². The van der Waals surface area contributed by atoms with Gasteiger partial charge in [-0.05, 0) is 100 Å². The first-order chi connectivity index (χ1) is 25.7. The molecule has 0 saturated carbocycles. The van der Waals surface area contributed by atoms with Gasteiger partial charge in [-0.15, -0.1) is 0 Å². The average molecular weight is 665 g/mol. The number of nitrogens with zero attached hydrogens (tertiary/aromatic N) is 2. The van der Waals surface area contributed by atoms with Crippen LogP contribution in [0.2, 0.25) is 0 Å². The van der Waals surface area contributed by atoms with Crippen molar-refractivity contribution in [3.05, 3.63) is 193 Å². The summed E-state index contributed by atoms with van der Waals surface area (Å²) < 4.78 is 6.70. The van der Waals surface area contributed by atoms with Crippen molar-refractivity contribution in [1.82, 2.24) is 4.98 Å². The van der Waals surface area contributed by atoms with Gasteiger partial charge in [-0.25, -0.2) is 4.98 Å². The summed E-state index contributed by atoms with van der Waals surface area (Å²) in [6.07, 6.45) is 0. The summed E-state index contributed by atoms with van der Waals surface area (Å²) in [4.78, 5) is 7.74. The summed E-state index contributed by atoms with van der Waals surface area (Å²) in [5, 5.41) is 2.19. The smallest absolute Gasteiger partial charge is 0.137 e. The topological polar surface area (TPSA) is 29.3 Å². The lowest BCUT2D eigenvalue weighted by Gasteiger charge is -2.42. The Hall–Kier alpha value is -6.71. The third-order valence-corrected chi connectivity index (χ3v) is 11.2. The van der Waals surface area contributed by atoms with Crippen LogP contribution in [-0.4, -0.2) is 4.98 Å². The van der Waals surface area contributed by atoms with Gasteiger partial charge in [0.15, 0.2) is 0 Å². The van der Waals surface area contributed by atoms with Crippen LogP contribution in [0.1, 0.15) is 23.6 Å². The van der Waals surface area contributed by atoms with E-state index in [0.29, 0.717) is 0 Å². The van der Waals surface area contributed by atoms with Gasteiger partial charge in [-0.3, -0.25) is 0 Å². The minimum Gasteiger partial charge on any atom is -0.456 e. The molecule has 52 heavy (non-hydrogen) atoms. The highest BCUT2D eigenvalue weighted by molar-refractivity contribution is 6.17. The van der Waals surface area contributed by atoms with Gasteiger partial charge in [0, 0.05) is 27.6 Å². The fourth-order valence-electron chi connectivity index (χ4n) is 8.89. The van der Waals surface area contributed by atoms with Crippen molar-refractivity contribution in [2.75, 3.05) is 4.90 Å². The van der Waals surface area contributed by atoms with Crippen LogP contribution in [0.25, 0.3) is 66.7 Å². The maximum absolute atomic E-state index is 6.70. The van der Waals surface area contributed by atoms with Crippen LogP contribution in [0, 0.1) is 0 Å². The van der Waals surface area contributed by atoms with E-state index in [-0.39, 0.29) is 5.41 Å². The highest BCUT2D eigenvalue weighted by atomic mass is 16.3. The van der Waals surface area contributed by atoms with E-state index in [9.17, 15) is 0 Å². The number of rotatable bonds is 4. The third-order valence-electron chi connectivity index (χ3n) is 11.2. The summed E-state index contributed by atoms with van der Waals surface area (Å²) in [6.45, 7) is 2.41. The summed E-state index contributed by atoms with van der Waals surface area (Å²) in [7, 11) is 0. The molecule has 0 radical (unpaired) electrons. The van der Waals surface area contributed by atoms with E-state index >= 15 is 0 Å². The Labute approximate surface area is 302 Å². The van der Waals surface area contributed by atoms with Crippen molar-refractivity contribution in [2.24, 2.45) is 0 Å². The molecule has 2 aromatic heterocycles. The molecule has 1 aliphatic carbocycles. The number of benzene rings is 7. The number of furan rings is 1. The van der Waals surface area contributed by atoms with Crippen molar-refractivity contribution < 1.29 is 4.42 Å². The molecule has 1 unspecified atom stereocenters. The number of para-hydroxylation sites is 1. The second-order valence-electron chi connectivity index (χ2n) is 14.0. The van der Waals surface area contributed by atoms with Crippen molar-refractivity contribution in [1.29, 1.82) is 0 Å². The molecule has 11 rings (SSSR count). The number of hydrogen-bond acceptors (Lipinski definition) is 3. The van der Waals surface area contributed by atoms with E-state index in [1.165, 1.54) is 39.2 Å². The summed E-state index contributed by atoms with van der Waals surface area (Å²) in [5.74, 6) is 0. The molecule has 9 aromatic rings. The highest BCUT2D eigenvalue weighted by Gasteiger charge is 2.49. The summed E-state index contributed by atoms with van der Waals surface area (Å²) in [6, 6.07) is 62.9. The zero-order chi connectivity index (χ0) is 34.4. The monoisotopic (exact) mass is 664 g/mol. The molecular formula is C49H32N2O. The molecule has 0 N–H and O–H groups in total. The average Bonchev–Trinajstić information content (AvgIpc) is 3.72. The molecule has 3 heterocycles. The van der Waals surface area contributed by atoms with Crippen LogP contribution in [0.4, 0.5) is 17.1 Å². The van der Waals surface area contributed by atoms with Gasteiger partial charge < -0.3 is 9.32 Å². The van der Waals surface area contributed by atoms with Crippen molar-refractivity contribution in [3.63, 3.8) is 0 Å². The van der Waals surface area contributed by atoms with Crippen LogP contribution in [0.15, 0.2) is 180 Å². The molecular weight excluding hydrogens is 633 g/mol. The number of hydrogen-bond donors (Lipinski definition) is 0. The Balaban J connectivity index is 1.20. The molecule has 7 aromatic carbocycles. The van der Waals surface area contributed by atoms with Crippen LogP contribution >= 0.6 is 0 Å². The van der Waals surface area contributed by atoms with Gasteiger partial charge in [-0.2, -0.15) is 0 Å². The predicted octanol–water partition coefficient (Wildman–Crippen LogP) is 13.1. The largest absolute Gasteiger partial charge is 0.456 e. The molecule has 244 valence electrons. The van der Waals surface area contributed by atoms with E-state index in [2.05, 4.69) is 182 Å². The van der Waals surface area contributed by atoms with Gasteiger partial charge in [-0.1, -0.05) is 121 Å². The molecule has 0 amide bonds. The molecule has 0 fully saturated rings. The molecule has 1 aliphatic heterocycles. The minimum absolute atomic E-state index is 0.339. The predicted molar refractivity (Wildman–Crippen MR) is 213 cm³/mol. The first-order valence-corrected chi connectivity index (χ1v) is 17.9. The lowest BCUT2D eigenvalue weighted by molar-refractivity contribution is 0.666. The molecule has 0 bridgehead atoms. The third kappa shape index (κ3) is 4.05. The number of anilines is 3. The lowest BCUT2D eigenvalue weighted by atomic mass is 9.70. The van der Waals surface area contributed by atoms with E-state index in [0.717, 1.165) is 61.3 Å². The van der Waals surface area contributed by atoms with E-state index in [1.54, 1.807) is 0 Å². The van der Waals surface area contributed by atoms with Gasteiger partial charge in [0.05, 0.1) is 28.1 Å². The zero-order valence-corrected chi connectivity index (χ0v) is 28.5. The van der Waals surface area contributed by atoms with Gasteiger partial charge in [0.1, 0.15) is 11.2 Å². The van der Waals surface area contributed by atoms with Crippen molar-refractivity contribution in [2.45, 2.75) is 12.3 Å². The van der Waals surface area contributed by atoms with Crippen LogP contribution in [0.3, 0.4) is 0 Å². The van der Waals surface area contributed by atoms with Gasteiger partial charge >= 0.3 is 0 Å². The molecule has 3 nitrogen and oxygen atoms in total. The normalized spacial score (nSPS) is 15.4. The molecule has 1 atom stereocenters. The Bertz CT molecular complexity index is 2800. The van der Waals surface area contributed by atoms with Gasteiger partial charge in [0.2, 0.25) is 0 Å². The molecule has 0 spiro atoms. The van der Waals surface area contributed by atoms with Crippen LogP contribution in [-0.2, 0) is 5.41 Å². The Kier molecular flexibility index (Phi) is 6.09. The number of aromatic nitrogens is 1. The first-order valence-electron chi connectivity index (χ1n) is 17.9. The Morgan fingerprint density at radius 1 is 0.500 bits per heavy atom. The summed E-state index contributed by atoms with van der Waals surface area (Å²) in [5.41, 5.74) is 17.8. The second-order valence-corrected chi connectivity index (χ2v) is 14.0.